The maximum absolute atomic E-state index is 13.6. The fraction of sp³-hybridized carbons (Fsp3) is 0.333. The molecule has 2 aromatic carbocycles. The molecule has 2 heterocycles. The van der Waals surface area contributed by atoms with E-state index >= 15 is 0 Å². The Labute approximate surface area is 204 Å². The molecule has 0 radical (unpaired) electrons. The average molecular weight is 479 g/mol. The molecule has 5 rings (SSSR count). The van der Waals surface area contributed by atoms with Gasteiger partial charge < -0.3 is 19.1 Å². The summed E-state index contributed by atoms with van der Waals surface area (Å²) in [5, 5.41) is 0.479. The number of halogens is 1. The SMILES string of the molecule is COc1ccc([C@@]23Oc4cc(Cl)cnc4[C@]2(OC)C[C@H](C(=O)N(C)C)[C@H]3c2ccccc2)cc1. The summed E-state index contributed by atoms with van der Waals surface area (Å²) >= 11 is 6.31. The summed E-state index contributed by atoms with van der Waals surface area (Å²) in [4.78, 5) is 19.9. The summed E-state index contributed by atoms with van der Waals surface area (Å²) in [5.74, 6) is 0.582. The van der Waals surface area contributed by atoms with Crippen molar-refractivity contribution in [2.24, 2.45) is 5.92 Å². The van der Waals surface area contributed by atoms with Crippen LogP contribution in [0.3, 0.4) is 0 Å². The summed E-state index contributed by atoms with van der Waals surface area (Å²) in [5.41, 5.74) is 0.484. The minimum absolute atomic E-state index is 0.0201. The number of carbonyl (C=O) groups is 1. The number of benzene rings is 2. The van der Waals surface area contributed by atoms with Crippen LogP contribution in [0.15, 0.2) is 66.9 Å². The molecule has 34 heavy (non-hydrogen) atoms. The van der Waals surface area contributed by atoms with Crippen molar-refractivity contribution in [2.75, 3.05) is 28.3 Å². The number of rotatable bonds is 5. The maximum Gasteiger partial charge on any atom is 0.226 e. The van der Waals surface area contributed by atoms with E-state index in [4.69, 9.17) is 25.8 Å². The second-order valence-corrected chi connectivity index (χ2v) is 9.47. The minimum atomic E-state index is -1.05. The molecule has 7 heteroatoms. The van der Waals surface area contributed by atoms with Gasteiger partial charge in [-0.15, -0.1) is 0 Å². The molecule has 0 bridgehead atoms. The van der Waals surface area contributed by atoms with Crippen molar-refractivity contribution >= 4 is 17.5 Å². The lowest BCUT2D eigenvalue weighted by molar-refractivity contribution is -0.134. The Morgan fingerprint density at radius 1 is 1.12 bits per heavy atom. The van der Waals surface area contributed by atoms with Crippen LogP contribution in [0.1, 0.15) is 29.2 Å². The summed E-state index contributed by atoms with van der Waals surface area (Å²) in [6, 6.07) is 19.6. The van der Waals surface area contributed by atoms with Crippen molar-refractivity contribution in [1.29, 1.82) is 0 Å². The molecule has 1 aromatic heterocycles. The van der Waals surface area contributed by atoms with Crippen LogP contribution in [0.25, 0.3) is 0 Å². The third-order valence-electron chi connectivity index (χ3n) is 7.20. The number of ether oxygens (including phenoxy) is 3. The third-order valence-corrected chi connectivity index (χ3v) is 7.41. The summed E-state index contributed by atoms with van der Waals surface area (Å²) in [6.45, 7) is 0. The standard InChI is InChI=1S/C27H27ClN2O4/c1-30(2)25(31)21-15-26(33-4)24-22(14-19(28)16-29-24)34-27(26,18-10-12-20(32-3)13-11-18)23(21)17-8-6-5-7-9-17/h5-14,16,21,23H,15H2,1-4H3/t21-,23+,26+,27-/m0/s1. The van der Waals surface area contributed by atoms with Crippen LogP contribution >= 0.6 is 11.6 Å². The van der Waals surface area contributed by atoms with Crippen molar-refractivity contribution in [3.63, 3.8) is 0 Å². The van der Waals surface area contributed by atoms with Crippen LogP contribution in [0, 0.1) is 5.92 Å². The van der Waals surface area contributed by atoms with Gasteiger partial charge in [0.2, 0.25) is 5.91 Å². The van der Waals surface area contributed by atoms with Gasteiger partial charge in [-0.3, -0.25) is 9.78 Å². The van der Waals surface area contributed by atoms with Gasteiger partial charge in [0.05, 0.1) is 18.1 Å². The Bertz CT molecular complexity index is 1220. The van der Waals surface area contributed by atoms with Crippen molar-refractivity contribution in [2.45, 2.75) is 23.5 Å². The lowest BCUT2D eigenvalue weighted by Gasteiger charge is -2.42. The molecule has 0 N–H and O–H groups in total. The van der Waals surface area contributed by atoms with Crippen LogP contribution in [0.5, 0.6) is 11.5 Å². The summed E-state index contributed by atoms with van der Waals surface area (Å²) < 4.78 is 18.7. The highest BCUT2D eigenvalue weighted by Crippen LogP contribution is 2.69. The van der Waals surface area contributed by atoms with Crippen LogP contribution in [0.4, 0.5) is 0 Å². The van der Waals surface area contributed by atoms with E-state index in [2.05, 4.69) is 4.98 Å². The first-order valence-electron chi connectivity index (χ1n) is 11.2. The monoisotopic (exact) mass is 478 g/mol. The van der Waals surface area contributed by atoms with Crippen LogP contribution in [-0.2, 0) is 20.7 Å². The van der Waals surface area contributed by atoms with E-state index in [9.17, 15) is 4.79 Å². The fourth-order valence-corrected chi connectivity index (χ4v) is 5.99. The van der Waals surface area contributed by atoms with Crippen molar-refractivity contribution in [3.8, 4) is 11.5 Å². The van der Waals surface area contributed by atoms with E-state index in [1.165, 1.54) is 0 Å². The number of hydrogen-bond donors (Lipinski definition) is 0. The topological polar surface area (TPSA) is 60.9 Å². The van der Waals surface area contributed by atoms with E-state index in [1.54, 1.807) is 45.5 Å². The van der Waals surface area contributed by atoms with Gasteiger partial charge in [-0.2, -0.15) is 0 Å². The van der Waals surface area contributed by atoms with E-state index in [0.29, 0.717) is 22.9 Å². The lowest BCUT2D eigenvalue weighted by atomic mass is 9.71. The number of nitrogens with zero attached hydrogens (tertiary/aromatic N) is 2. The molecule has 1 saturated carbocycles. The Morgan fingerprint density at radius 3 is 2.44 bits per heavy atom. The van der Waals surface area contributed by atoms with Crippen molar-refractivity contribution in [3.05, 3.63) is 88.7 Å². The Morgan fingerprint density at radius 2 is 1.82 bits per heavy atom. The molecule has 6 nitrogen and oxygen atoms in total. The number of aromatic nitrogens is 1. The molecule has 3 aromatic rings. The second kappa shape index (κ2) is 8.29. The van der Waals surface area contributed by atoms with Gasteiger partial charge in [-0.05, 0) is 29.7 Å². The second-order valence-electron chi connectivity index (χ2n) is 9.03. The first-order chi connectivity index (χ1) is 16.4. The predicted octanol–water partition coefficient (Wildman–Crippen LogP) is 4.77. The zero-order valence-corrected chi connectivity index (χ0v) is 20.4. The Kier molecular flexibility index (Phi) is 5.53. The van der Waals surface area contributed by atoms with Gasteiger partial charge in [-0.25, -0.2) is 0 Å². The number of methoxy groups -OCH3 is 2. The normalized spacial score (nSPS) is 27.0. The average Bonchev–Trinajstić information content (AvgIpc) is 3.30. The molecule has 0 unspecified atom stereocenters. The van der Waals surface area contributed by atoms with E-state index in [-0.39, 0.29) is 11.8 Å². The van der Waals surface area contributed by atoms with Gasteiger partial charge in [0.1, 0.15) is 17.2 Å². The Balaban J connectivity index is 1.84. The molecule has 2 aliphatic rings. The zero-order chi connectivity index (χ0) is 24.1. The largest absolute Gasteiger partial charge is 0.497 e. The highest BCUT2D eigenvalue weighted by molar-refractivity contribution is 6.30. The van der Waals surface area contributed by atoms with Gasteiger partial charge in [0.25, 0.3) is 0 Å². The quantitative estimate of drug-likeness (QED) is 0.529. The smallest absolute Gasteiger partial charge is 0.226 e. The number of amides is 1. The fourth-order valence-electron chi connectivity index (χ4n) is 5.84. The number of hydrogen-bond acceptors (Lipinski definition) is 5. The third kappa shape index (κ3) is 3.05. The van der Waals surface area contributed by atoms with Gasteiger partial charge in [0.15, 0.2) is 11.2 Å². The Hall–Kier alpha value is -3.09. The molecule has 1 amide bonds. The zero-order valence-electron chi connectivity index (χ0n) is 19.6. The van der Waals surface area contributed by atoms with Crippen LogP contribution in [0.2, 0.25) is 5.02 Å². The number of pyridine rings is 1. The molecule has 1 aliphatic heterocycles. The van der Waals surface area contributed by atoms with Gasteiger partial charge >= 0.3 is 0 Å². The van der Waals surface area contributed by atoms with Gasteiger partial charge in [0, 0.05) is 39.4 Å². The molecule has 1 aliphatic carbocycles. The molecule has 4 atom stereocenters. The highest BCUT2D eigenvalue weighted by Gasteiger charge is 2.74. The van der Waals surface area contributed by atoms with Crippen LogP contribution < -0.4 is 9.47 Å². The molecule has 1 fully saturated rings. The van der Waals surface area contributed by atoms with E-state index < -0.39 is 17.1 Å². The molecular weight excluding hydrogens is 452 g/mol. The number of carbonyl (C=O) groups excluding carboxylic acids is 1. The molecule has 0 saturated heterocycles. The summed E-state index contributed by atoms with van der Waals surface area (Å²) in [7, 11) is 6.86. The molecule has 176 valence electrons. The molecular formula is C27H27ClN2O4. The predicted molar refractivity (Wildman–Crippen MR) is 129 cm³/mol. The maximum atomic E-state index is 13.6. The van der Waals surface area contributed by atoms with Crippen molar-refractivity contribution < 1.29 is 19.0 Å². The van der Waals surface area contributed by atoms with Crippen molar-refractivity contribution in [1.82, 2.24) is 9.88 Å². The minimum Gasteiger partial charge on any atom is -0.497 e. The lowest BCUT2D eigenvalue weighted by Crippen LogP contribution is -2.49. The highest BCUT2D eigenvalue weighted by atomic mass is 35.5. The molecule has 0 spiro atoms. The first kappa shape index (κ1) is 22.7. The van der Waals surface area contributed by atoms with Crippen LogP contribution in [-0.4, -0.2) is 44.1 Å². The van der Waals surface area contributed by atoms with E-state index in [1.807, 2.05) is 54.6 Å². The summed E-state index contributed by atoms with van der Waals surface area (Å²) in [6.07, 6.45) is 2.01. The number of fused-ring (bicyclic) bond motifs is 3. The van der Waals surface area contributed by atoms with Gasteiger partial charge in [-0.1, -0.05) is 54.1 Å². The first-order valence-corrected chi connectivity index (χ1v) is 11.6. The van der Waals surface area contributed by atoms with E-state index in [0.717, 1.165) is 16.9 Å².